The molecule has 43 heavy (non-hydrogen) atoms. The van der Waals surface area contributed by atoms with Crippen LogP contribution in [0.5, 0.6) is 6.01 Å². The average Bonchev–Trinajstić information content (AvgIpc) is 3.48. The molecule has 1 aromatic carbocycles. The van der Waals surface area contributed by atoms with Gasteiger partial charge >= 0.3 is 6.01 Å². The van der Waals surface area contributed by atoms with Gasteiger partial charge < -0.3 is 14.5 Å². The minimum atomic E-state index is -1.02. The van der Waals surface area contributed by atoms with Gasteiger partial charge in [-0.15, -0.1) is 0 Å². The van der Waals surface area contributed by atoms with Crippen molar-refractivity contribution < 1.29 is 27.1 Å². The van der Waals surface area contributed by atoms with Crippen LogP contribution in [0, 0.1) is 11.6 Å². The highest BCUT2D eigenvalue weighted by molar-refractivity contribution is 5.95. The highest BCUT2D eigenvalue weighted by atomic mass is 19.1. The lowest BCUT2D eigenvalue weighted by Gasteiger charge is -2.47. The van der Waals surface area contributed by atoms with Crippen molar-refractivity contribution in [3.63, 3.8) is 0 Å². The van der Waals surface area contributed by atoms with E-state index in [1.165, 1.54) is 17.2 Å². The maximum absolute atomic E-state index is 16.5. The number of aromatic nitrogens is 3. The number of anilines is 1. The van der Waals surface area contributed by atoms with E-state index in [-0.39, 0.29) is 53.0 Å². The number of rotatable bonds is 6. The first-order chi connectivity index (χ1) is 20.7. The Balaban J connectivity index is 1.30. The highest BCUT2D eigenvalue weighted by Crippen LogP contribution is 2.43. The first kappa shape index (κ1) is 28.0. The number of hydrogen-bond acceptors (Lipinski definition) is 7. The third-order valence-corrected chi connectivity index (χ3v) is 9.48. The quantitative estimate of drug-likeness (QED) is 0.306. The maximum atomic E-state index is 16.5. The summed E-state index contributed by atoms with van der Waals surface area (Å²) in [7, 11) is 1.81. The van der Waals surface area contributed by atoms with E-state index in [1.54, 1.807) is 6.20 Å². The topological polar surface area (TPSA) is 74.7 Å². The Hall–Kier alpha value is -3.80. The molecule has 3 saturated heterocycles. The summed E-state index contributed by atoms with van der Waals surface area (Å²) in [4.78, 5) is 30.8. The molecule has 1 amide bonds. The van der Waals surface area contributed by atoms with Gasteiger partial charge in [-0.1, -0.05) is 6.58 Å². The minimum Gasteiger partial charge on any atom is -0.462 e. The average molecular weight is 597 g/mol. The van der Waals surface area contributed by atoms with Gasteiger partial charge in [0.05, 0.1) is 17.6 Å². The molecule has 0 N–H and O–H groups in total. The summed E-state index contributed by atoms with van der Waals surface area (Å²) >= 11 is 0. The zero-order valence-corrected chi connectivity index (χ0v) is 23.8. The van der Waals surface area contributed by atoms with Crippen LogP contribution in [0.25, 0.3) is 22.0 Å². The van der Waals surface area contributed by atoms with Crippen molar-refractivity contribution in [1.82, 2.24) is 24.8 Å². The first-order valence-corrected chi connectivity index (χ1v) is 14.8. The number of ether oxygens (including phenoxy) is 1. The van der Waals surface area contributed by atoms with Gasteiger partial charge in [0, 0.05) is 49.0 Å². The van der Waals surface area contributed by atoms with E-state index < -0.39 is 29.5 Å². The molecule has 3 aromatic rings. The second kappa shape index (κ2) is 10.7. The van der Waals surface area contributed by atoms with Crippen molar-refractivity contribution >= 4 is 22.6 Å². The number of benzene rings is 1. The molecule has 3 aliphatic heterocycles. The van der Waals surface area contributed by atoms with Crippen molar-refractivity contribution in [3.8, 4) is 17.1 Å². The van der Waals surface area contributed by atoms with E-state index in [2.05, 4.69) is 21.5 Å². The van der Waals surface area contributed by atoms with E-state index in [0.29, 0.717) is 44.5 Å². The summed E-state index contributed by atoms with van der Waals surface area (Å²) in [5, 5.41) is 0.170. The summed E-state index contributed by atoms with van der Waals surface area (Å²) < 4.78 is 66.0. The zero-order valence-electron chi connectivity index (χ0n) is 23.8. The molecule has 0 unspecified atom stereocenters. The summed E-state index contributed by atoms with van der Waals surface area (Å²) in [6.07, 6.45) is 6.56. The van der Waals surface area contributed by atoms with Crippen molar-refractivity contribution in [2.45, 2.75) is 62.8 Å². The molecule has 8 nitrogen and oxygen atoms in total. The van der Waals surface area contributed by atoms with Crippen molar-refractivity contribution in [2.75, 3.05) is 38.2 Å². The molecular formula is C31H32F4N6O2. The van der Waals surface area contributed by atoms with Gasteiger partial charge in [-0.05, 0) is 62.8 Å². The smallest absolute Gasteiger partial charge is 0.319 e. The van der Waals surface area contributed by atoms with Gasteiger partial charge in [0.25, 0.3) is 5.91 Å². The third kappa shape index (κ3) is 4.70. The fraction of sp³-hybridized carbons (Fsp3) is 0.484. The van der Waals surface area contributed by atoms with Crippen LogP contribution in [-0.2, 0) is 17.6 Å². The molecule has 0 spiro atoms. The van der Waals surface area contributed by atoms with E-state index >= 15 is 8.78 Å². The van der Waals surface area contributed by atoms with Crippen LogP contribution in [0.2, 0.25) is 0 Å². The van der Waals surface area contributed by atoms with Gasteiger partial charge in [0.15, 0.2) is 11.6 Å². The molecule has 0 bridgehead atoms. The first-order valence-electron chi connectivity index (χ1n) is 14.8. The number of fused-ring (bicyclic) bond motifs is 3. The number of likely N-dealkylation sites (tertiary alicyclic amines) is 2. The lowest BCUT2D eigenvalue weighted by Crippen LogP contribution is -2.63. The van der Waals surface area contributed by atoms with Crippen LogP contribution in [0.4, 0.5) is 23.4 Å². The number of halogens is 4. The van der Waals surface area contributed by atoms with E-state index in [1.807, 2.05) is 16.8 Å². The number of alkyl halides is 1. The molecule has 5 heterocycles. The van der Waals surface area contributed by atoms with Crippen molar-refractivity contribution in [1.29, 1.82) is 0 Å². The zero-order chi connectivity index (χ0) is 30.0. The number of amides is 1. The predicted molar refractivity (Wildman–Crippen MR) is 152 cm³/mol. The van der Waals surface area contributed by atoms with Crippen LogP contribution in [-0.4, -0.2) is 88.2 Å². The normalized spacial score (nSPS) is 25.0. The molecular weight excluding hydrogens is 564 g/mol. The second-order valence-corrected chi connectivity index (χ2v) is 12.0. The largest absolute Gasteiger partial charge is 0.462 e. The van der Waals surface area contributed by atoms with Gasteiger partial charge in [-0.2, -0.15) is 9.97 Å². The Labute approximate surface area is 246 Å². The Morgan fingerprint density at radius 3 is 2.72 bits per heavy atom. The van der Waals surface area contributed by atoms with Crippen LogP contribution in [0.15, 0.2) is 30.9 Å². The monoisotopic (exact) mass is 596 g/mol. The predicted octanol–water partition coefficient (Wildman–Crippen LogP) is 4.54. The van der Waals surface area contributed by atoms with E-state index in [9.17, 15) is 13.6 Å². The molecule has 2 aromatic heterocycles. The van der Waals surface area contributed by atoms with Crippen LogP contribution < -0.4 is 9.64 Å². The SMILES string of the molecule is C=C(F)C(=O)N1CC[C@@H]2[C@H]1CN2c1nc(OC[C@@H]2C[C@@H](F)CN2C)nc2c(F)c(-c3cncc4c3CCCC4)c(F)cc12. The lowest BCUT2D eigenvalue weighted by atomic mass is 9.87. The number of carbonyl (C=O) groups excluding carboxylic acids is 1. The Bertz CT molecular complexity index is 1640. The standard InChI is InChI=1S/C31H32F4N6O2/c1-16(32)30(42)40-8-7-24-25(40)14-41(24)29-21-10-23(34)26(22-12-36-11-17-5-3-4-6-20(17)22)27(35)28(21)37-31(38-29)43-15-19-9-18(33)13-39(19)2/h10-12,18-19,24-25H,1,3-9,13-15H2,2H3/t18-,19+,24-,25-/m1/s1. The summed E-state index contributed by atoms with van der Waals surface area (Å²) in [5.41, 5.74) is 2.01. The third-order valence-electron chi connectivity index (χ3n) is 9.48. The Morgan fingerprint density at radius 1 is 1.14 bits per heavy atom. The van der Waals surface area contributed by atoms with Crippen LogP contribution in [0.1, 0.15) is 36.8 Å². The van der Waals surface area contributed by atoms with Gasteiger partial charge in [-0.25, -0.2) is 17.6 Å². The van der Waals surface area contributed by atoms with Gasteiger partial charge in [0.1, 0.15) is 29.9 Å². The van der Waals surface area contributed by atoms with Crippen LogP contribution >= 0.6 is 0 Å². The molecule has 0 radical (unpaired) electrons. The molecule has 1 aliphatic carbocycles. The van der Waals surface area contributed by atoms with Crippen molar-refractivity contribution in [3.05, 3.63) is 53.6 Å². The number of aryl methyl sites for hydroxylation is 1. The Kier molecular flexibility index (Phi) is 6.98. The fourth-order valence-corrected chi connectivity index (χ4v) is 7.21. The number of carbonyl (C=O) groups is 1. The number of pyridine rings is 1. The Morgan fingerprint density at radius 2 is 1.95 bits per heavy atom. The summed E-state index contributed by atoms with van der Waals surface area (Å²) in [6.45, 7) is 4.15. The molecule has 4 aliphatic rings. The molecule has 226 valence electrons. The van der Waals surface area contributed by atoms with E-state index in [0.717, 1.165) is 30.4 Å². The minimum absolute atomic E-state index is 0.0977. The van der Waals surface area contributed by atoms with Crippen molar-refractivity contribution in [2.24, 2.45) is 0 Å². The summed E-state index contributed by atoms with van der Waals surface area (Å²) in [5.74, 6) is -3.09. The number of hydrogen-bond donors (Lipinski definition) is 0. The molecule has 0 saturated carbocycles. The number of nitrogens with zero attached hydrogens (tertiary/aromatic N) is 6. The highest BCUT2D eigenvalue weighted by Gasteiger charge is 2.50. The molecule has 4 atom stereocenters. The second-order valence-electron chi connectivity index (χ2n) is 12.0. The van der Waals surface area contributed by atoms with E-state index in [4.69, 9.17) is 4.74 Å². The summed E-state index contributed by atoms with van der Waals surface area (Å²) in [6, 6.07) is 0.444. The molecule has 7 rings (SSSR count). The van der Waals surface area contributed by atoms with Crippen LogP contribution in [0.3, 0.4) is 0 Å². The number of likely N-dealkylation sites (N-methyl/N-ethyl adjacent to an activating group) is 1. The fourth-order valence-electron chi connectivity index (χ4n) is 7.21. The molecule has 3 fully saturated rings. The maximum Gasteiger partial charge on any atom is 0.319 e. The molecule has 12 heteroatoms. The lowest BCUT2D eigenvalue weighted by molar-refractivity contribution is -0.130. The van der Waals surface area contributed by atoms with Gasteiger partial charge in [0.2, 0.25) is 0 Å². The van der Waals surface area contributed by atoms with Gasteiger partial charge in [-0.3, -0.25) is 14.7 Å².